The Morgan fingerprint density at radius 1 is 1.35 bits per heavy atom. The number of benzene rings is 1. The van der Waals surface area contributed by atoms with Crippen molar-refractivity contribution < 1.29 is 8.78 Å². The Kier molecular flexibility index (Phi) is 2.93. The highest BCUT2D eigenvalue weighted by Gasteiger charge is 2.18. The average Bonchev–Trinajstić information content (AvgIpc) is 2.62. The Labute approximate surface area is 97.9 Å². The zero-order valence-corrected chi connectivity index (χ0v) is 9.61. The van der Waals surface area contributed by atoms with Gasteiger partial charge in [0.2, 0.25) is 0 Å². The van der Waals surface area contributed by atoms with Gasteiger partial charge in [0.1, 0.15) is 0 Å². The summed E-state index contributed by atoms with van der Waals surface area (Å²) >= 11 is 0. The van der Waals surface area contributed by atoms with E-state index >= 15 is 0 Å². The van der Waals surface area contributed by atoms with Gasteiger partial charge in [0, 0.05) is 18.3 Å². The number of nitrogens with zero attached hydrogens (tertiary/aromatic N) is 2. The van der Waals surface area contributed by atoms with E-state index < -0.39 is 17.7 Å². The van der Waals surface area contributed by atoms with E-state index in [9.17, 15) is 8.78 Å². The van der Waals surface area contributed by atoms with Gasteiger partial charge in [0.05, 0.1) is 11.7 Å². The number of hydrogen-bond acceptors (Lipinski definition) is 2. The summed E-state index contributed by atoms with van der Waals surface area (Å²) < 4.78 is 28.3. The topological polar surface area (TPSA) is 43.8 Å². The maximum absolute atomic E-state index is 13.6. The van der Waals surface area contributed by atoms with Crippen molar-refractivity contribution in [1.82, 2.24) is 9.78 Å². The van der Waals surface area contributed by atoms with E-state index in [1.807, 2.05) is 6.92 Å². The van der Waals surface area contributed by atoms with E-state index in [-0.39, 0.29) is 5.56 Å². The molecule has 1 atom stereocenters. The quantitative estimate of drug-likeness (QED) is 0.868. The monoisotopic (exact) mass is 237 g/mol. The third-order valence-corrected chi connectivity index (χ3v) is 2.77. The van der Waals surface area contributed by atoms with Crippen LogP contribution in [-0.4, -0.2) is 9.78 Å². The lowest BCUT2D eigenvalue weighted by Crippen LogP contribution is -2.15. The van der Waals surface area contributed by atoms with Crippen molar-refractivity contribution in [2.75, 3.05) is 0 Å². The molecular formula is C12H13F2N3. The lowest BCUT2D eigenvalue weighted by atomic mass is 10.0. The first-order chi connectivity index (χ1) is 8.00. The molecule has 1 aromatic carbocycles. The van der Waals surface area contributed by atoms with Crippen molar-refractivity contribution in [3.63, 3.8) is 0 Å². The standard InChI is InChI=1S/C12H13F2N3/c1-7-6-10(16-17(7)2)12(15)8-4-3-5-9(13)11(8)14/h3-6,12H,15H2,1-2H3. The molecule has 1 heterocycles. The molecule has 0 fully saturated rings. The van der Waals surface area contributed by atoms with Gasteiger partial charge < -0.3 is 5.73 Å². The minimum atomic E-state index is -0.914. The molecule has 0 saturated carbocycles. The second kappa shape index (κ2) is 4.25. The SMILES string of the molecule is Cc1cc(C(N)c2cccc(F)c2F)nn1C. The van der Waals surface area contributed by atoms with Crippen LogP contribution in [0.2, 0.25) is 0 Å². The van der Waals surface area contributed by atoms with Crippen LogP contribution >= 0.6 is 0 Å². The summed E-state index contributed by atoms with van der Waals surface area (Å²) in [4.78, 5) is 0. The van der Waals surface area contributed by atoms with Crippen molar-refractivity contribution in [2.45, 2.75) is 13.0 Å². The predicted molar refractivity (Wildman–Crippen MR) is 60.3 cm³/mol. The van der Waals surface area contributed by atoms with Crippen LogP contribution in [0.3, 0.4) is 0 Å². The molecule has 0 aliphatic carbocycles. The zero-order valence-electron chi connectivity index (χ0n) is 9.61. The lowest BCUT2D eigenvalue weighted by Gasteiger charge is -2.10. The predicted octanol–water partition coefficient (Wildman–Crippen LogP) is 2.05. The number of halogens is 2. The van der Waals surface area contributed by atoms with Crippen LogP contribution in [0.15, 0.2) is 24.3 Å². The van der Waals surface area contributed by atoms with E-state index in [0.717, 1.165) is 11.8 Å². The fourth-order valence-electron chi connectivity index (χ4n) is 1.66. The Morgan fingerprint density at radius 3 is 2.65 bits per heavy atom. The smallest absolute Gasteiger partial charge is 0.163 e. The van der Waals surface area contributed by atoms with E-state index in [1.165, 1.54) is 12.1 Å². The van der Waals surface area contributed by atoms with Gasteiger partial charge in [-0.1, -0.05) is 12.1 Å². The molecule has 0 radical (unpaired) electrons. The molecular weight excluding hydrogens is 224 g/mol. The van der Waals surface area contributed by atoms with Gasteiger partial charge in [-0.2, -0.15) is 5.10 Å². The average molecular weight is 237 g/mol. The first-order valence-corrected chi connectivity index (χ1v) is 5.20. The van der Waals surface area contributed by atoms with Crippen molar-refractivity contribution in [1.29, 1.82) is 0 Å². The summed E-state index contributed by atoms with van der Waals surface area (Å²) in [6.45, 7) is 1.87. The maximum atomic E-state index is 13.6. The van der Waals surface area contributed by atoms with Gasteiger partial charge in [0.25, 0.3) is 0 Å². The third-order valence-electron chi connectivity index (χ3n) is 2.77. The van der Waals surface area contributed by atoms with Crippen LogP contribution in [0.5, 0.6) is 0 Å². The van der Waals surface area contributed by atoms with Crippen LogP contribution in [0.1, 0.15) is 23.0 Å². The van der Waals surface area contributed by atoms with Gasteiger partial charge in [-0.25, -0.2) is 8.78 Å². The molecule has 1 aromatic heterocycles. The fraction of sp³-hybridized carbons (Fsp3) is 0.250. The van der Waals surface area contributed by atoms with Crippen LogP contribution in [0, 0.1) is 18.6 Å². The highest BCUT2D eigenvalue weighted by Crippen LogP contribution is 2.23. The summed E-state index contributed by atoms with van der Waals surface area (Å²) in [7, 11) is 1.77. The van der Waals surface area contributed by atoms with Gasteiger partial charge in [-0.05, 0) is 19.1 Å². The van der Waals surface area contributed by atoms with Gasteiger partial charge in [-0.3, -0.25) is 4.68 Å². The highest BCUT2D eigenvalue weighted by molar-refractivity contribution is 5.29. The van der Waals surface area contributed by atoms with Crippen LogP contribution in [-0.2, 0) is 7.05 Å². The molecule has 2 aromatic rings. The number of rotatable bonds is 2. The molecule has 0 bridgehead atoms. The fourth-order valence-corrected chi connectivity index (χ4v) is 1.66. The van der Waals surface area contributed by atoms with Crippen molar-refractivity contribution in [3.05, 3.63) is 52.9 Å². The Hall–Kier alpha value is -1.75. The summed E-state index contributed by atoms with van der Waals surface area (Å²) in [6.07, 6.45) is 0. The molecule has 3 nitrogen and oxygen atoms in total. The molecule has 0 amide bonds. The van der Waals surface area contributed by atoms with E-state index in [2.05, 4.69) is 5.10 Å². The summed E-state index contributed by atoms with van der Waals surface area (Å²) in [6, 6.07) is 4.96. The van der Waals surface area contributed by atoms with Gasteiger partial charge in [-0.15, -0.1) is 0 Å². The largest absolute Gasteiger partial charge is 0.319 e. The first-order valence-electron chi connectivity index (χ1n) is 5.20. The minimum Gasteiger partial charge on any atom is -0.319 e. The summed E-state index contributed by atoms with van der Waals surface area (Å²) in [5.41, 5.74) is 7.43. The Balaban J connectivity index is 2.43. The molecule has 0 aliphatic heterocycles. The second-order valence-electron chi connectivity index (χ2n) is 3.95. The van der Waals surface area contributed by atoms with Crippen LogP contribution in [0.4, 0.5) is 8.78 Å². The molecule has 2 N–H and O–H groups in total. The number of hydrogen-bond donors (Lipinski definition) is 1. The van der Waals surface area contributed by atoms with Crippen molar-refractivity contribution >= 4 is 0 Å². The maximum Gasteiger partial charge on any atom is 0.163 e. The molecule has 5 heteroatoms. The third kappa shape index (κ3) is 2.06. The normalized spacial score (nSPS) is 12.8. The lowest BCUT2D eigenvalue weighted by molar-refractivity contribution is 0.493. The molecule has 0 aliphatic rings. The number of aryl methyl sites for hydroxylation is 2. The molecule has 2 rings (SSSR count). The molecule has 0 saturated heterocycles. The number of aromatic nitrogens is 2. The van der Waals surface area contributed by atoms with Gasteiger partial charge in [0.15, 0.2) is 11.6 Å². The zero-order chi connectivity index (χ0) is 12.6. The summed E-state index contributed by atoms with van der Waals surface area (Å²) in [5.74, 6) is -1.81. The Bertz CT molecular complexity index is 529. The molecule has 90 valence electrons. The molecule has 17 heavy (non-hydrogen) atoms. The van der Waals surface area contributed by atoms with E-state index in [0.29, 0.717) is 5.69 Å². The minimum absolute atomic E-state index is 0.114. The van der Waals surface area contributed by atoms with Crippen LogP contribution in [0.25, 0.3) is 0 Å². The van der Waals surface area contributed by atoms with Crippen molar-refractivity contribution in [3.8, 4) is 0 Å². The molecule has 1 unspecified atom stereocenters. The first kappa shape index (κ1) is 11.7. The Morgan fingerprint density at radius 2 is 2.06 bits per heavy atom. The second-order valence-corrected chi connectivity index (χ2v) is 3.95. The van der Waals surface area contributed by atoms with Gasteiger partial charge >= 0.3 is 0 Å². The van der Waals surface area contributed by atoms with Crippen LogP contribution < -0.4 is 5.73 Å². The summed E-state index contributed by atoms with van der Waals surface area (Å²) in [5, 5.41) is 4.16. The van der Waals surface area contributed by atoms with E-state index in [4.69, 9.17) is 5.73 Å². The molecule has 0 spiro atoms. The van der Waals surface area contributed by atoms with E-state index in [1.54, 1.807) is 17.8 Å². The van der Waals surface area contributed by atoms with Crippen molar-refractivity contribution in [2.24, 2.45) is 12.8 Å². The number of nitrogens with two attached hydrogens (primary N) is 1. The highest BCUT2D eigenvalue weighted by atomic mass is 19.2.